The van der Waals surface area contributed by atoms with Crippen LogP contribution in [0.5, 0.6) is 0 Å². The van der Waals surface area contributed by atoms with Crippen molar-refractivity contribution in [1.29, 1.82) is 0 Å². The van der Waals surface area contributed by atoms with Crippen LogP contribution >= 0.6 is 0 Å². The van der Waals surface area contributed by atoms with E-state index in [4.69, 9.17) is 4.74 Å². The molecule has 39 heavy (non-hydrogen) atoms. The third-order valence-electron chi connectivity index (χ3n) is 6.60. The Balaban J connectivity index is 1.52. The normalized spacial score (nSPS) is 15.8. The number of carbonyl (C=O) groups is 2. The van der Waals surface area contributed by atoms with Crippen LogP contribution in [0.25, 0.3) is 10.9 Å². The number of aryl methyl sites for hydroxylation is 1. The number of rotatable bonds is 9. The Hall–Kier alpha value is -3.38. The van der Waals surface area contributed by atoms with Gasteiger partial charge < -0.3 is 15.0 Å². The minimum absolute atomic E-state index is 0.0313. The van der Waals surface area contributed by atoms with Gasteiger partial charge in [0, 0.05) is 43.0 Å². The predicted molar refractivity (Wildman–Crippen MR) is 131 cm³/mol. The number of para-hydroxylation sites is 1. The van der Waals surface area contributed by atoms with Gasteiger partial charge in [-0.05, 0) is 41.8 Å². The first-order chi connectivity index (χ1) is 18.4. The largest absolute Gasteiger partial charge is 0.416 e. The fraction of sp³-hybridized carbons (Fsp3) is 0.407. The molecular weight excluding hydrogens is 528 g/mol. The van der Waals surface area contributed by atoms with Crippen molar-refractivity contribution in [3.63, 3.8) is 0 Å². The summed E-state index contributed by atoms with van der Waals surface area (Å²) in [7, 11) is 0. The summed E-state index contributed by atoms with van der Waals surface area (Å²) in [5.74, 6) is -0.907. The summed E-state index contributed by atoms with van der Waals surface area (Å²) in [6, 6.07) is 7.61. The number of hydrogen-bond acceptors (Lipinski definition) is 4. The number of hydrogen-bond donors (Lipinski definition) is 2. The van der Waals surface area contributed by atoms with Crippen molar-refractivity contribution in [2.24, 2.45) is 0 Å². The highest BCUT2D eigenvalue weighted by molar-refractivity contribution is 5.91. The highest BCUT2D eigenvalue weighted by Gasteiger charge is 2.37. The number of aromatic amines is 1. The quantitative estimate of drug-likeness (QED) is 0.374. The Morgan fingerprint density at radius 2 is 1.62 bits per heavy atom. The van der Waals surface area contributed by atoms with Gasteiger partial charge in [-0.15, -0.1) is 0 Å². The van der Waals surface area contributed by atoms with Gasteiger partial charge in [0.05, 0.1) is 36.9 Å². The summed E-state index contributed by atoms with van der Waals surface area (Å²) >= 11 is 0. The number of halogens is 6. The van der Waals surface area contributed by atoms with Crippen molar-refractivity contribution in [3.8, 4) is 0 Å². The Labute approximate surface area is 220 Å². The van der Waals surface area contributed by atoms with Gasteiger partial charge in [-0.1, -0.05) is 18.2 Å². The molecule has 2 N–H and O–H groups in total. The van der Waals surface area contributed by atoms with Crippen LogP contribution in [0.1, 0.15) is 28.7 Å². The first kappa shape index (κ1) is 28.6. The molecule has 0 saturated carbocycles. The molecule has 6 nitrogen and oxygen atoms in total. The van der Waals surface area contributed by atoms with Crippen molar-refractivity contribution < 1.29 is 40.7 Å². The van der Waals surface area contributed by atoms with E-state index in [-0.39, 0.29) is 37.4 Å². The maximum Gasteiger partial charge on any atom is 0.416 e. The van der Waals surface area contributed by atoms with Crippen molar-refractivity contribution in [2.75, 3.05) is 32.8 Å². The van der Waals surface area contributed by atoms with Gasteiger partial charge in [0.15, 0.2) is 5.78 Å². The average molecular weight is 556 g/mol. The number of aromatic nitrogens is 1. The molecule has 1 aliphatic heterocycles. The number of fused-ring (bicyclic) bond motifs is 1. The van der Waals surface area contributed by atoms with Crippen LogP contribution in [0, 0.1) is 0 Å². The van der Waals surface area contributed by atoms with Crippen LogP contribution in [0.3, 0.4) is 0 Å². The molecule has 12 heteroatoms. The molecule has 1 amide bonds. The molecule has 1 unspecified atom stereocenters. The summed E-state index contributed by atoms with van der Waals surface area (Å²) in [4.78, 5) is 31.0. The maximum atomic E-state index is 13.3. The molecule has 210 valence electrons. The predicted octanol–water partition coefficient (Wildman–Crippen LogP) is 4.77. The highest BCUT2D eigenvalue weighted by Crippen LogP contribution is 2.36. The fourth-order valence-electron chi connectivity index (χ4n) is 4.57. The van der Waals surface area contributed by atoms with E-state index in [2.05, 4.69) is 10.3 Å². The van der Waals surface area contributed by atoms with Gasteiger partial charge >= 0.3 is 12.4 Å². The van der Waals surface area contributed by atoms with Crippen LogP contribution in [-0.4, -0.2) is 60.5 Å². The topological polar surface area (TPSA) is 74.4 Å². The molecule has 3 aromatic rings. The Morgan fingerprint density at radius 1 is 0.974 bits per heavy atom. The van der Waals surface area contributed by atoms with Gasteiger partial charge in [-0.2, -0.15) is 26.3 Å². The molecule has 0 aliphatic carbocycles. The Bertz CT molecular complexity index is 1280. The van der Waals surface area contributed by atoms with E-state index in [9.17, 15) is 35.9 Å². The van der Waals surface area contributed by atoms with Gasteiger partial charge in [0.1, 0.15) is 0 Å². The third-order valence-corrected chi connectivity index (χ3v) is 6.60. The summed E-state index contributed by atoms with van der Waals surface area (Å²) < 4.78 is 84.7. The number of nitrogens with one attached hydrogen (secondary N) is 2. The summed E-state index contributed by atoms with van der Waals surface area (Å²) in [5, 5.41) is 3.57. The van der Waals surface area contributed by atoms with Crippen LogP contribution in [-0.2, 0) is 39.5 Å². The number of ketones is 1. The monoisotopic (exact) mass is 555 g/mol. The van der Waals surface area contributed by atoms with Crippen LogP contribution in [0.2, 0.25) is 0 Å². The van der Waals surface area contributed by atoms with Crippen LogP contribution in [0.15, 0.2) is 48.7 Å². The fourth-order valence-corrected chi connectivity index (χ4v) is 4.57. The van der Waals surface area contributed by atoms with Gasteiger partial charge in [-0.3, -0.25) is 14.5 Å². The lowest BCUT2D eigenvalue weighted by Crippen LogP contribution is -2.48. The molecule has 1 saturated heterocycles. The van der Waals surface area contributed by atoms with Crippen molar-refractivity contribution in [2.45, 2.75) is 37.7 Å². The molecule has 0 radical (unpaired) electrons. The Morgan fingerprint density at radius 3 is 2.26 bits per heavy atom. The first-order valence-electron chi connectivity index (χ1n) is 12.4. The second-order valence-corrected chi connectivity index (χ2v) is 9.45. The van der Waals surface area contributed by atoms with Crippen LogP contribution < -0.4 is 5.32 Å². The molecule has 4 rings (SSSR count). The molecule has 0 spiro atoms. The molecule has 2 aromatic carbocycles. The highest BCUT2D eigenvalue weighted by atomic mass is 19.4. The molecule has 1 atom stereocenters. The Kier molecular flexibility index (Phi) is 8.65. The van der Waals surface area contributed by atoms with E-state index < -0.39 is 41.2 Å². The lowest BCUT2D eigenvalue weighted by molar-refractivity contribution is -0.143. The molecule has 1 aliphatic rings. The molecule has 1 aromatic heterocycles. The number of Topliss-reactive ketones (excluding diaryl/α,β-unsaturated/α-hetero) is 1. The number of amides is 1. The van der Waals surface area contributed by atoms with E-state index in [1.807, 2.05) is 29.2 Å². The molecule has 2 heterocycles. The zero-order valence-corrected chi connectivity index (χ0v) is 20.8. The lowest BCUT2D eigenvalue weighted by atomic mass is 9.95. The van der Waals surface area contributed by atoms with Crippen LogP contribution in [0.4, 0.5) is 26.3 Å². The summed E-state index contributed by atoms with van der Waals surface area (Å²) in [6.45, 7) is 2.07. The van der Waals surface area contributed by atoms with Crippen molar-refractivity contribution >= 4 is 22.6 Å². The lowest BCUT2D eigenvalue weighted by Gasteiger charge is -2.27. The summed E-state index contributed by atoms with van der Waals surface area (Å²) in [5.41, 5.74) is -1.57. The van der Waals surface area contributed by atoms with E-state index in [0.717, 1.165) is 16.5 Å². The van der Waals surface area contributed by atoms with E-state index in [1.165, 1.54) is 0 Å². The number of alkyl halides is 6. The number of benzene rings is 2. The minimum atomic E-state index is -4.98. The van der Waals surface area contributed by atoms with Crippen molar-refractivity contribution in [3.05, 3.63) is 70.9 Å². The average Bonchev–Trinajstić information content (AvgIpc) is 3.29. The van der Waals surface area contributed by atoms with E-state index in [0.29, 0.717) is 38.4 Å². The SMILES string of the molecule is O=C(CN1CCOCC1)NC(Cc1c[nH]c2ccccc12)C(=O)CCc1cc(C(F)(F)F)cc(C(F)(F)F)c1. The molecular formula is C27H27F6N3O3. The molecule has 1 fully saturated rings. The maximum absolute atomic E-state index is 13.3. The number of H-pyrrole nitrogens is 1. The number of morpholine rings is 1. The van der Waals surface area contributed by atoms with Gasteiger partial charge in [0.2, 0.25) is 5.91 Å². The zero-order chi connectivity index (χ0) is 28.2. The summed E-state index contributed by atoms with van der Waals surface area (Å²) in [6.07, 6.45) is -8.86. The second kappa shape index (κ2) is 11.8. The number of carbonyl (C=O) groups excluding carboxylic acids is 2. The number of nitrogens with zero attached hydrogens (tertiary/aromatic N) is 1. The second-order valence-electron chi connectivity index (χ2n) is 9.45. The smallest absolute Gasteiger partial charge is 0.379 e. The third kappa shape index (κ3) is 7.60. The van der Waals surface area contributed by atoms with E-state index >= 15 is 0 Å². The molecule has 0 bridgehead atoms. The standard InChI is InChI=1S/C27H27F6N3O3/c28-26(29,30)19-11-17(12-20(14-19)27(31,32)33)5-6-24(37)23(35-25(38)16-36-7-9-39-10-8-36)13-18-15-34-22-4-2-1-3-21(18)22/h1-4,11-12,14-15,23,34H,5-10,13,16H2,(H,35,38). The number of ether oxygens (including phenoxy) is 1. The first-order valence-corrected chi connectivity index (χ1v) is 12.4. The van der Waals surface area contributed by atoms with Crippen molar-refractivity contribution in [1.82, 2.24) is 15.2 Å². The van der Waals surface area contributed by atoms with E-state index in [1.54, 1.807) is 6.20 Å². The zero-order valence-electron chi connectivity index (χ0n) is 20.8. The minimum Gasteiger partial charge on any atom is -0.379 e. The van der Waals surface area contributed by atoms with Gasteiger partial charge in [-0.25, -0.2) is 0 Å². The van der Waals surface area contributed by atoms with Gasteiger partial charge in [0.25, 0.3) is 0 Å².